The summed E-state index contributed by atoms with van der Waals surface area (Å²) >= 11 is 1.90. The molecule has 1 atom stereocenters. The quantitative estimate of drug-likeness (QED) is 0.708. The predicted octanol–water partition coefficient (Wildman–Crippen LogP) is 2.65. The third-order valence-electron chi connectivity index (χ3n) is 2.58. The van der Waals surface area contributed by atoms with Gasteiger partial charge >= 0.3 is 0 Å². The summed E-state index contributed by atoms with van der Waals surface area (Å²) in [5.74, 6) is 0. The summed E-state index contributed by atoms with van der Waals surface area (Å²) in [6.07, 6.45) is 5.26. The van der Waals surface area contributed by atoms with E-state index in [1.54, 1.807) is 10.4 Å². The first-order chi connectivity index (χ1) is 5.79. The van der Waals surface area contributed by atoms with Crippen molar-refractivity contribution in [3.63, 3.8) is 0 Å². The van der Waals surface area contributed by atoms with Crippen molar-refractivity contribution in [2.24, 2.45) is 5.73 Å². The fourth-order valence-electron chi connectivity index (χ4n) is 1.90. The van der Waals surface area contributed by atoms with E-state index in [1.807, 2.05) is 11.3 Å². The summed E-state index contributed by atoms with van der Waals surface area (Å²) in [6, 6.07) is 0.225. The Kier molecular flexibility index (Phi) is 2.20. The van der Waals surface area contributed by atoms with Crippen molar-refractivity contribution < 1.29 is 0 Å². The summed E-state index contributed by atoms with van der Waals surface area (Å²) in [4.78, 5) is 1.59. The Balaban J connectivity index is 2.38. The van der Waals surface area contributed by atoms with Gasteiger partial charge in [0.25, 0.3) is 0 Å². The number of hydrogen-bond donors (Lipinski definition) is 1. The zero-order valence-electron chi connectivity index (χ0n) is 7.47. The van der Waals surface area contributed by atoms with Crippen molar-refractivity contribution in [1.29, 1.82) is 0 Å². The van der Waals surface area contributed by atoms with Crippen LogP contribution in [-0.2, 0) is 12.8 Å². The molecule has 0 radical (unpaired) electrons. The lowest BCUT2D eigenvalue weighted by atomic mass is 9.94. The smallest absolute Gasteiger partial charge is 0.0277 e. The van der Waals surface area contributed by atoms with Gasteiger partial charge in [0.05, 0.1) is 0 Å². The number of fused-ring (bicyclic) bond motifs is 1. The molecule has 0 saturated carbocycles. The lowest BCUT2D eigenvalue weighted by molar-refractivity contribution is 0.680. The van der Waals surface area contributed by atoms with Crippen LogP contribution in [0.25, 0.3) is 0 Å². The highest BCUT2D eigenvalue weighted by Crippen LogP contribution is 2.32. The molecule has 2 heteroatoms. The zero-order valence-corrected chi connectivity index (χ0v) is 8.29. The lowest BCUT2D eigenvalue weighted by Gasteiger charge is -2.14. The molecule has 1 aromatic rings. The minimum Gasteiger partial charge on any atom is -0.324 e. The van der Waals surface area contributed by atoms with Crippen molar-refractivity contribution in [3.8, 4) is 0 Å². The molecule has 0 fully saturated rings. The van der Waals surface area contributed by atoms with Crippen molar-refractivity contribution in [2.45, 2.75) is 38.6 Å². The Hall–Kier alpha value is -0.340. The molecule has 1 aromatic heterocycles. The second-order valence-electron chi connectivity index (χ2n) is 3.59. The van der Waals surface area contributed by atoms with Crippen molar-refractivity contribution in [2.75, 3.05) is 0 Å². The average Bonchev–Trinajstić information content (AvgIpc) is 2.47. The van der Waals surface area contributed by atoms with Gasteiger partial charge in [0.2, 0.25) is 0 Å². The minimum absolute atomic E-state index is 0.225. The standard InChI is InChI=1S/C10H15NS/c1-7(11)9-6-12-10-5-3-2-4-8(9)10/h6-7H,2-5,11H2,1H3/t7-/m0/s1. The van der Waals surface area contributed by atoms with Gasteiger partial charge in [0, 0.05) is 10.9 Å². The van der Waals surface area contributed by atoms with E-state index < -0.39 is 0 Å². The molecule has 0 amide bonds. The Morgan fingerprint density at radius 2 is 2.17 bits per heavy atom. The van der Waals surface area contributed by atoms with E-state index in [0.717, 1.165) is 0 Å². The molecule has 1 aliphatic carbocycles. The van der Waals surface area contributed by atoms with E-state index in [1.165, 1.54) is 31.2 Å². The van der Waals surface area contributed by atoms with Gasteiger partial charge in [0.1, 0.15) is 0 Å². The number of nitrogens with two attached hydrogens (primary N) is 1. The van der Waals surface area contributed by atoms with Crippen LogP contribution < -0.4 is 5.73 Å². The van der Waals surface area contributed by atoms with Crippen molar-refractivity contribution in [1.82, 2.24) is 0 Å². The first-order valence-corrected chi connectivity index (χ1v) is 5.51. The van der Waals surface area contributed by atoms with Gasteiger partial charge in [-0.25, -0.2) is 0 Å². The van der Waals surface area contributed by atoms with Gasteiger partial charge < -0.3 is 5.73 Å². The molecule has 1 nitrogen and oxygen atoms in total. The number of aryl methyl sites for hydroxylation is 1. The third kappa shape index (κ3) is 1.29. The monoisotopic (exact) mass is 181 g/mol. The van der Waals surface area contributed by atoms with Gasteiger partial charge in [-0.15, -0.1) is 11.3 Å². The molecular weight excluding hydrogens is 166 g/mol. The highest BCUT2D eigenvalue weighted by molar-refractivity contribution is 7.10. The highest BCUT2D eigenvalue weighted by Gasteiger charge is 2.16. The maximum Gasteiger partial charge on any atom is 0.0277 e. The Bertz CT molecular complexity index is 275. The molecule has 0 aliphatic heterocycles. The van der Waals surface area contributed by atoms with Crippen LogP contribution in [0.3, 0.4) is 0 Å². The van der Waals surface area contributed by atoms with Gasteiger partial charge in [-0.05, 0) is 49.1 Å². The van der Waals surface area contributed by atoms with Crippen LogP contribution in [0.1, 0.15) is 41.8 Å². The van der Waals surface area contributed by atoms with Gasteiger partial charge in [-0.1, -0.05) is 0 Å². The second kappa shape index (κ2) is 3.19. The lowest BCUT2D eigenvalue weighted by Crippen LogP contribution is -2.09. The summed E-state index contributed by atoms with van der Waals surface area (Å²) in [6.45, 7) is 2.08. The van der Waals surface area contributed by atoms with Crippen LogP contribution in [0.5, 0.6) is 0 Å². The molecule has 12 heavy (non-hydrogen) atoms. The molecule has 66 valence electrons. The van der Waals surface area contributed by atoms with Crippen LogP contribution in [0, 0.1) is 0 Å². The van der Waals surface area contributed by atoms with Crippen LogP contribution in [0.2, 0.25) is 0 Å². The summed E-state index contributed by atoms with van der Waals surface area (Å²) in [5, 5.41) is 2.25. The molecule has 2 rings (SSSR count). The normalized spacial score (nSPS) is 18.8. The van der Waals surface area contributed by atoms with E-state index in [0.29, 0.717) is 0 Å². The van der Waals surface area contributed by atoms with E-state index in [2.05, 4.69) is 12.3 Å². The SMILES string of the molecule is C[C@H](N)c1csc2c1CCCC2. The average molecular weight is 181 g/mol. The molecule has 0 aromatic carbocycles. The maximum absolute atomic E-state index is 5.89. The van der Waals surface area contributed by atoms with E-state index in [-0.39, 0.29) is 6.04 Å². The van der Waals surface area contributed by atoms with Crippen LogP contribution in [0.15, 0.2) is 5.38 Å². The van der Waals surface area contributed by atoms with Crippen LogP contribution >= 0.6 is 11.3 Å². The predicted molar refractivity (Wildman–Crippen MR) is 53.6 cm³/mol. The van der Waals surface area contributed by atoms with Gasteiger partial charge in [0.15, 0.2) is 0 Å². The Morgan fingerprint density at radius 1 is 1.42 bits per heavy atom. The number of hydrogen-bond acceptors (Lipinski definition) is 2. The molecule has 0 saturated heterocycles. The van der Waals surface area contributed by atoms with Crippen LogP contribution in [0.4, 0.5) is 0 Å². The molecule has 2 N–H and O–H groups in total. The van der Waals surface area contributed by atoms with Crippen molar-refractivity contribution >= 4 is 11.3 Å². The molecule has 0 unspecified atom stereocenters. The van der Waals surface area contributed by atoms with Crippen molar-refractivity contribution in [3.05, 3.63) is 21.4 Å². The van der Waals surface area contributed by atoms with Gasteiger partial charge in [-0.3, -0.25) is 0 Å². The Labute approximate surface area is 77.6 Å². The fourth-order valence-corrected chi connectivity index (χ4v) is 3.15. The maximum atomic E-state index is 5.89. The third-order valence-corrected chi connectivity index (χ3v) is 3.69. The highest BCUT2D eigenvalue weighted by atomic mass is 32.1. The summed E-state index contributed by atoms with van der Waals surface area (Å²) in [7, 11) is 0. The molecule has 0 spiro atoms. The van der Waals surface area contributed by atoms with E-state index in [9.17, 15) is 0 Å². The fraction of sp³-hybridized carbons (Fsp3) is 0.600. The number of rotatable bonds is 1. The topological polar surface area (TPSA) is 26.0 Å². The zero-order chi connectivity index (χ0) is 8.55. The van der Waals surface area contributed by atoms with E-state index in [4.69, 9.17) is 5.73 Å². The first-order valence-electron chi connectivity index (χ1n) is 4.63. The van der Waals surface area contributed by atoms with Crippen LogP contribution in [-0.4, -0.2) is 0 Å². The summed E-state index contributed by atoms with van der Waals surface area (Å²) < 4.78 is 0. The number of thiophene rings is 1. The molecule has 1 aliphatic rings. The summed E-state index contributed by atoms with van der Waals surface area (Å²) in [5.41, 5.74) is 8.86. The van der Waals surface area contributed by atoms with Gasteiger partial charge in [-0.2, -0.15) is 0 Å². The molecule has 1 heterocycles. The van der Waals surface area contributed by atoms with E-state index >= 15 is 0 Å². The minimum atomic E-state index is 0.225. The molecular formula is C10H15NS. The first kappa shape index (κ1) is 8.27. The second-order valence-corrected chi connectivity index (χ2v) is 4.55. The largest absolute Gasteiger partial charge is 0.324 e. The Morgan fingerprint density at radius 3 is 2.92 bits per heavy atom. The molecule has 0 bridgehead atoms.